The molecular formula is C15H15Cl2NO3. The zero-order valence-electron chi connectivity index (χ0n) is 11.5. The second kappa shape index (κ2) is 6.96. The van der Waals surface area contributed by atoms with E-state index in [1.165, 1.54) is 18.1 Å². The van der Waals surface area contributed by atoms with Crippen LogP contribution in [0.1, 0.15) is 18.4 Å². The molecule has 1 unspecified atom stereocenters. The monoisotopic (exact) mass is 327 g/mol. The fourth-order valence-corrected chi connectivity index (χ4v) is 2.67. The predicted molar refractivity (Wildman–Crippen MR) is 82.2 cm³/mol. The molecular weight excluding hydrogens is 313 g/mol. The lowest BCUT2D eigenvalue weighted by atomic mass is 10.2. The van der Waals surface area contributed by atoms with E-state index >= 15 is 0 Å². The Labute approximate surface area is 133 Å². The number of carbonyl (C=O) groups excluding carboxylic acids is 2. The highest BCUT2D eigenvalue weighted by Crippen LogP contribution is 2.23. The van der Waals surface area contributed by atoms with E-state index in [0.29, 0.717) is 28.6 Å². The maximum Gasteiger partial charge on any atom is 0.328 e. The molecule has 1 aromatic rings. The van der Waals surface area contributed by atoms with Gasteiger partial charge in [0.2, 0.25) is 5.91 Å². The molecule has 1 aliphatic rings. The van der Waals surface area contributed by atoms with Gasteiger partial charge in [0.25, 0.3) is 0 Å². The second-order valence-corrected chi connectivity index (χ2v) is 5.56. The highest BCUT2D eigenvalue weighted by molar-refractivity contribution is 6.34. The molecule has 1 aromatic carbocycles. The van der Waals surface area contributed by atoms with Crippen molar-refractivity contribution in [2.24, 2.45) is 0 Å². The van der Waals surface area contributed by atoms with Crippen LogP contribution in [0.2, 0.25) is 10.0 Å². The Balaban J connectivity index is 2.12. The molecule has 1 amide bonds. The molecule has 112 valence electrons. The van der Waals surface area contributed by atoms with Crippen LogP contribution in [0.3, 0.4) is 0 Å². The molecule has 0 spiro atoms. The standard InChI is InChI=1S/C15H15Cl2NO3/c1-21-15(20)13-3-2-8-18(13)14(19)7-4-10-9-11(16)5-6-12(10)17/h4-7,9,13H,2-3,8H2,1H3/b7-4+. The molecule has 0 aliphatic carbocycles. The summed E-state index contributed by atoms with van der Waals surface area (Å²) in [4.78, 5) is 25.3. The average molecular weight is 328 g/mol. The fourth-order valence-electron chi connectivity index (χ4n) is 2.31. The maximum absolute atomic E-state index is 12.2. The average Bonchev–Trinajstić information content (AvgIpc) is 2.96. The number of ether oxygens (including phenoxy) is 1. The van der Waals surface area contributed by atoms with E-state index in [1.807, 2.05) is 0 Å². The number of nitrogens with zero attached hydrogens (tertiary/aromatic N) is 1. The van der Waals surface area contributed by atoms with Crippen molar-refractivity contribution in [3.63, 3.8) is 0 Å². The highest BCUT2D eigenvalue weighted by atomic mass is 35.5. The molecule has 4 nitrogen and oxygen atoms in total. The lowest BCUT2D eigenvalue weighted by molar-refractivity contribution is -0.149. The summed E-state index contributed by atoms with van der Waals surface area (Å²) in [5, 5.41) is 1.05. The summed E-state index contributed by atoms with van der Waals surface area (Å²) in [6.45, 7) is 0.548. The van der Waals surface area contributed by atoms with Crippen molar-refractivity contribution in [3.05, 3.63) is 39.9 Å². The summed E-state index contributed by atoms with van der Waals surface area (Å²) in [6, 6.07) is 4.52. The summed E-state index contributed by atoms with van der Waals surface area (Å²) in [7, 11) is 1.32. The van der Waals surface area contributed by atoms with Crippen molar-refractivity contribution in [2.75, 3.05) is 13.7 Å². The summed E-state index contributed by atoms with van der Waals surface area (Å²) in [5.41, 5.74) is 0.659. The second-order valence-electron chi connectivity index (χ2n) is 4.71. The van der Waals surface area contributed by atoms with Crippen LogP contribution >= 0.6 is 23.2 Å². The highest BCUT2D eigenvalue weighted by Gasteiger charge is 2.33. The molecule has 0 aromatic heterocycles. The van der Waals surface area contributed by atoms with E-state index in [4.69, 9.17) is 27.9 Å². The number of amides is 1. The number of hydrogen-bond donors (Lipinski definition) is 0. The summed E-state index contributed by atoms with van der Waals surface area (Å²) < 4.78 is 4.72. The van der Waals surface area contributed by atoms with Crippen molar-refractivity contribution >= 4 is 41.2 Å². The molecule has 0 N–H and O–H groups in total. The molecule has 1 fully saturated rings. The first kappa shape index (κ1) is 15.9. The van der Waals surface area contributed by atoms with Crippen LogP contribution in [0.15, 0.2) is 24.3 Å². The number of esters is 1. The number of halogens is 2. The minimum Gasteiger partial charge on any atom is -0.467 e. The van der Waals surface area contributed by atoms with Crippen molar-refractivity contribution in [1.82, 2.24) is 4.90 Å². The Morgan fingerprint density at radius 2 is 2.14 bits per heavy atom. The quantitative estimate of drug-likeness (QED) is 0.632. The van der Waals surface area contributed by atoms with Crippen LogP contribution in [0.25, 0.3) is 6.08 Å². The first-order chi connectivity index (χ1) is 10.0. The van der Waals surface area contributed by atoms with Crippen molar-refractivity contribution < 1.29 is 14.3 Å². The third-order valence-electron chi connectivity index (χ3n) is 3.37. The normalized spacial score (nSPS) is 18.2. The van der Waals surface area contributed by atoms with E-state index in [0.717, 1.165) is 6.42 Å². The molecule has 1 atom stereocenters. The van der Waals surface area contributed by atoms with Gasteiger partial charge in [0.15, 0.2) is 0 Å². The van der Waals surface area contributed by atoms with Crippen LogP contribution in [-0.2, 0) is 14.3 Å². The Bertz CT molecular complexity index is 586. The van der Waals surface area contributed by atoms with Crippen molar-refractivity contribution in [3.8, 4) is 0 Å². The van der Waals surface area contributed by atoms with Gasteiger partial charge in [-0.15, -0.1) is 0 Å². The van der Waals surface area contributed by atoms with Crippen LogP contribution in [-0.4, -0.2) is 36.5 Å². The lowest BCUT2D eigenvalue weighted by Crippen LogP contribution is -2.40. The minimum atomic E-state index is -0.498. The van der Waals surface area contributed by atoms with Gasteiger partial charge in [0, 0.05) is 22.7 Å². The van der Waals surface area contributed by atoms with E-state index in [1.54, 1.807) is 24.3 Å². The zero-order valence-corrected chi connectivity index (χ0v) is 13.0. The maximum atomic E-state index is 12.2. The third kappa shape index (κ3) is 3.77. The number of carbonyl (C=O) groups is 2. The van der Waals surface area contributed by atoms with Gasteiger partial charge in [0.05, 0.1) is 7.11 Å². The summed E-state index contributed by atoms with van der Waals surface area (Å²) in [5.74, 6) is -0.617. The lowest BCUT2D eigenvalue weighted by Gasteiger charge is -2.20. The third-order valence-corrected chi connectivity index (χ3v) is 3.95. The number of rotatable bonds is 3. The number of hydrogen-bond acceptors (Lipinski definition) is 3. The molecule has 21 heavy (non-hydrogen) atoms. The zero-order chi connectivity index (χ0) is 15.4. The fraction of sp³-hybridized carbons (Fsp3) is 0.333. The molecule has 0 radical (unpaired) electrons. The molecule has 2 rings (SSSR count). The van der Waals surface area contributed by atoms with Crippen LogP contribution in [0, 0.1) is 0 Å². The van der Waals surface area contributed by atoms with Gasteiger partial charge in [-0.25, -0.2) is 4.79 Å². The molecule has 6 heteroatoms. The molecule has 0 bridgehead atoms. The van der Waals surface area contributed by atoms with E-state index in [2.05, 4.69) is 0 Å². The topological polar surface area (TPSA) is 46.6 Å². The van der Waals surface area contributed by atoms with Gasteiger partial charge in [-0.3, -0.25) is 4.79 Å². The van der Waals surface area contributed by atoms with Gasteiger partial charge in [0.1, 0.15) is 6.04 Å². The van der Waals surface area contributed by atoms with E-state index in [9.17, 15) is 9.59 Å². The van der Waals surface area contributed by atoms with E-state index in [-0.39, 0.29) is 11.9 Å². The number of benzene rings is 1. The van der Waals surface area contributed by atoms with Crippen molar-refractivity contribution in [2.45, 2.75) is 18.9 Å². The van der Waals surface area contributed by atoms with Gasteiger partial charge in [-0.1, -0.05) is 23.2 Å². The van der Waals surface area contributed by atoms with Gasteiger partial charge >= 0.3 is 5.97 Å². The molecule has 1 heterocycles. The molecule has 1 aliphatic heterocycles. The van der Waals surface area contributed by atoms with Crippen LogP contribution in [0.4, 0.5) is 0 Å². The van der Waals surface area contributed by atoms with Crippen LogP contribution < -0.4 is 0 Å². The molecule has 0 saturated carbocycles. The van der Waals surface area contributed by atoms with Gasteiger partial charge in [-0.05, 0) is 42.7 Å². The minimum absolute atomic E-state index is 0.237. The Morgan fingerprint density at radius 1 is 1.38 bits per heavy atom. The largest absolute Gasteiger partial charge is 0.467 e. The Kier molecular flexibility index (Phi) is 5.26. The summed E-state index contributed by atoms with van der Waals surface area (Å²) >= 11 is 11.9. The van der Waals surface area contributed by atoms with Gasteiger partial charge < -0.3 is 9.64 Å². The predicted octanol–water partition coefficient (Wildman–Crippen LogP) is 3.17. The Morgan fingerprint density at radius 3 is 2.86 bits per heavy atom. The first-order valence-corrected chi connectivity index (χ1v) is 7.30. The molecule has 1 saturated heterocycles. The SMILES string of the molecule is COC(=O)C1CCCN1C(=O)/C=C/c1cc(Cl)ccc1Cl. The summed E-state index contributed by atoms with van der Waals surface area (Å²) in [6.07, 6.45) is 4.42. The van der Waals surface area contributed by atoms with E-state index < -0.39 is 6.04 Å². The van der Waals surface area contributed by atoms with Gasteiger partial charge in [-0.2, -0.15) is 0 Å². The van der Waals surface area contributed by atoms with Crippen molar-refractivity contribution in [1.29, 1.82) is 0 Å². The number of methoxy groups -OCH3 is 1. The Hall–Kier alpha value is -1.52. The first-order valence-electron chi connectivity index (χ1n) is 6.54. The van der Waals surface area contributed by atoms with Crippen LogP contribution in [0.5, 0.6) is 0 Å². The smallest absolute Gasteiger partial charge is 0.328 e. The number of likely N-dealkylation sites (tertiary alicyclic amines) is 1.